The minimum absolute atomic E-state index is 0.0218. The van der Waals surface area contributed by atoms with Crippen molar-refractivity contribution >= 4 is 51.8 Å². The molecule has 534 valence electrons. The predicted octanol–water partition coefficient (Wildman–Crippen LogP) is 16.4. The van der Waals surface area contributed by atoms with E-state index in [2.05, 4.69) is 80.8 Å². The molecule has 0 bridgehead atoms. The highest BCUT2D eigenvalue weighted by molar-refractivity contribution is 6.06. The Morgan fingerprint density at radius 1 is 0.444 bits per heavy atom. The molecule has 15 rings (SSSR count). The van der Waals surface area contributed by atoms with Crippen molar-refractivity contribution in [2.75, 3.05) is 16.0 Å². The summed E-state index contributed by atoms with van der Waals surface area (Å²) < 4.78 is 245. The van der Waals surface area contributed by atoms with Crippen LogP contribution in [0.4, 0.5) is 34.1 Å². The van der Waals surface area contributed by atoms with Crippen molar-refractivity contribution in [3.05, 3.63) is 352 Å². The van der Waals surface area contributed by atoms with Crippen LogP contribution in [0.15, 0.2) is 283 Å². The third-order valence-electron chi connectivity index (χ3n) is 15.2. The van der Waals surface area contributed by atoms with E-state index in [0.717, 1.165) is 16.8 Å². The van der Waals surface area contributed by atoms with Gasteiger partial charge in [-0.15, -0.1) is 0 Å². The number of H-pyrrole nitrogens is 3. The van der Waals surface area contributed by atoms with Crippen LogP contribution in [0.1, 0.15) is 121 Å². The summed E-state index contributed by atoms with van der Waals surface area (Å²) in [4.78, 5) is 88.8. The zero-order valence-corrected chi connectivity index (χ0v) is 58.2. The number of rotatable bonds is 15. The Labute approximate surface area is 664 Å². The average Bonchev–Trinajstić information content (AvgIpc) is 1.59. The van der Waals surface area contributed by atoms with Gasteiger partial charge in [-0.25, -0.2) is 34.9 Å². The number of benzene rings is 6. The fraction of sp³-hybridized carbons (Fsp3) is 0.105. The lowest BCUT2D eigenvalue weighted by atomic mass is 10.1. The second-order valence-corrected chi connectivity index (χ2v) is 23.7. The van der Waals surface area contributed by atoms with Gasteiger partial charge in [0.25, 0.3) is 17.7 Å². The Kier molecular flexibility index (Phi) is 13.5. The Bertz CT molecular complexity index is 7400. The molecule has 0 unspecified atom stereocenters. The van der Waals surface area contributed by atoms with Crippen LogP contribution in [0.5, 0.6) is 0 Å². The van der Waals surface area contributed by atoms with Gasteiger partial charge in [0.05, 0.1) is 76.3 Å². The van der Waals surface area contributed by atoms with E-state index in [4.69, 9.17) is 39.8 Å². The third-order valence-corrected chi connectivity index (χ3v) is 15.2. The van der Waals surface area contributed by atoms with Crippen LogP contribution >= 0.6 is 0 Å². The fourth-order valence-electron chi connectivity index (χ4n) is 10.2. The third kappa shape index (κ3) is 18.5. The number of amides is 3. The van der Waals surface area contributed by atoms with E-state index in [0.29, 0.717) is 50.6 Å². The topological polar surface area (TPSA) is 277 Å². The summed E-state index contributed by atoms with van der Waals surface area (Å²) in [5, 5.41) is 7.90. The number of aromatic nitrogens is 13. The van der Waals surface area contributed by atoms with E-state index >= 15 is 0 Å². The van der Waals surface area contributed by atoms with Crippen molar-refractivity contribution in [2.24, 2.45) is 15.0 Å². The van der Waals surface area contributed by atoms with Crippen LogP contribution in [0, 0.1) is 62.2 Å². The lowest BCUT2D eigenvalue weighted by molar-refractivity contribution is 0.101. The first-order chi connectivity index (χ1) is 64.3. The molecule has 22 heteroatoms. The number of anilines is 3. The molecule has 15 aromatic rings. The number of carbonyl (C=O) groups excluding carboxylic acids is 3. The summed E-state index contributed by atoms with van der Waals surface area (Å²) in [5.41, 5.74) is 1.19. The summed E-state index contributed by atoms with van der Waals surface area (Å²) >= 11 is 0. The quantitative estimate of drug-likeness (QED) is 0.0564. The normalized spacial score (nSPS) is 15.5. The zero-order valence-electron chi connectivity index (χ0n) is 87.2. The number of imidazole rings is 1. The number of carbonyl (C=O) groups is 3. The van der Waals surface area contributed by atoms with E-state index in [9.17, 15) is 14.4 Å². The lowest BCUT2D eigenvalue weighted by Gasteiger charge is -2.11. The molecular formula is C86H77N19O3. The summed E-state index contributed by atoms with van der Waals surface area (Å²) in [5.74, 6) is -2.81. The molecule has 9 heterocycles. The Morgan fingerprint density at radius 3 is 1.33 bits per heavy atom. The van der Waals surface area contributed by atoms with E-state index in [1.165, 1.54) is 59.0 Å². The van der Waals surface area contributed by atoms with E-state index < -0.39 is 168 Å². The van der Waals surface area contributed by atoms with Crippen molar-refractivity contribution in [3.8, 4) is 50.8 Å². The summed E-state index contributed by atoms with van der Waals surface area (Å²) in [7, 11) is 0. The molecule has 0 aliphatic heterocycles. The second kappa shape index (κ2) is 32.9. The van der Waals surface area contributed by atoms with Crippen LogP contribution < -0.4 is 32.8 Å². The van der Waals surface area contributed by atoms with Crippen molar-refractivity contribution < 1.29 is 54.1 Å². The number of pyridine rings is 3. The van der Waals surface area contributed by atoms with E-state index in [1.807, 2.05) is 42.9 Å². The first kappa shape index (κ1) is 44.3. The first-order valence-corrected chi connectivity index (χ1v) is 32.5. The molecule has 0 spiro atoms. The highest BCUT2D eigenvalue weighted by Crippen LogP contribution is 2.28. The number of hydrogen-bond donors (Lipinski definition) is 6. The highest BCUT2D eigenvalue weighted by atomic mass is 16.2. The standard InChI is InChI=1S/2C29H26N6O.C28H25N7O/c2*1-19-9-12-35(18-19)25-14-20(2)13-24(16-25)32-28(36)22-7-6-21(3)27(15-22)34-29-31-11-8-26(33-29)23-5-4-10-30-17-23;1-18-11-23(14-24(12-18)35-16-20(3)31-17-35)32-27(36)21-7-6-19(2)26(13-21)34-28-30-10-8-25(33-28)22-5-4-9-29-15-22/h2*4-18H,1-3H3,(H,32,36)(H,31,33,34);4-17H,1-3H3,(H,32,36)(H,30,33,34)/i4D,5D,6D,7D,8D,10D,11D,15D,17D;3D3,6D,7D,8D,11D,12D,15D,18D;2D3,6D,7D,8D,10D,13D,16D,17D. The molecular weight excluding hydrogens is 1350 g/mol. The maximum absolute atomic E-state index is 13.6. The fourth-order valence-corrected chi connectivity index (χ4v) is 10.2. The summed E-state index contributed by atoms with van der Waals surface area (Å²) in [6.45, 7) is 5.96. The van der Waals surface area contributed by atoms with Gasteiger partial charge in [-0.05, 0) is 264 Å². The maximum Gasteiger partial charge on any atom is 0.255 e. The van der Waals surface area contributed by atoms with Gasteiger partial charge in [0.1, 0.15) is 1.37 Å². The Balaban J connectivity index is 0.000000174. The molecule has 0 radical (unpaired) electrons. The SMILES string of the molecule is [2H]c1nc(=Nc2c([2H])c(C(=O)Nc3cc(C)cc(-n4c([2H])cc(C)c4[2H])c3)c([2H])c([2H])c2C([2H])([2H])[2H])[nH]c(-c2cccnc2)c1[2H].[2H]c1nc(=Nc2c([2H])c(C(=O)Nc3cc(C)cc(-n4c([2H])nc(C)c4[2H])c3)c([2H])c([2H])c2C([2H])([2H])[2H])[nH]c(-c2cccnc2)c1[2H].[2H]c1nc(=Nc2c([2H])c(C(=O)Nc3cc(C)cc(-n4ccc(C)c4)c3)c([2H])c([2H])c2C)[nH]c(-c2c([2H])nc([2H])c([2H])c2[2H])c1[2H]. The first-order valence-electron chi connectivity index (χ1n) is 47.0. The maximum atomic E-state index is 13.6. The number of hydrogen-bond acceptors (Lipinski definition) is 13. The Hall–Kier alpha value is -14.4. The number of aryl methyl sites for hydroxylation is 6. The number of nitrogens with one attached hydrogen (secondary N) is 6. The van der Waals surface area contributed by atoms with Crippen LogP contribution in [0.2, 0.25) is 0 Å². The molecule has 0 fully saturated rings. The molecule has 108 heavy (non-hydrogen) atoms. The second-order valence-electron chi connectivity index (χ2n) is 23.7. The minimum Gasteiger partial charge on any atom is -0.324 e. The molecule has 22 nitrogen and oxygen atoms in total. The van der Waals surface area contributed by atoms with Gasteiger partial charge in [0.2, 0.25) is 16.9 Å². The predicted molar refractivity (Wildman–Crippen MR) is 422 cm³/mol. The summed E-state index contributed by atoms with van der Waals surface area (Å²) in [6, 6.07) is 16.4. The van der Waals surface area contributed by atoms with Gasteiger partial charge in [-0.3, -0.25) is 29.3 Å². The molecule has 3 amide bonds. The molecule has 6 aromatic carbocycles. The van der Waals surface area contributed by atoms with Crippen molar-refractivity contribution in [1.29, 1.82) is 0 Å². The minimum atomic E-state index is -3.03. The van der Waals surface area contributed by atoms with E-state index in [1.54, 1.807) is 88.4 Å². The monoisotopic (exact) mass is 1450 g/mol. The molecule has 9 aromatic heterocycles. The van der Waals surface area contributed by atoms with Crippen LogP contribution in [-0.4, -0.2) is 81.3 Å². The van der Waals surface area contributed by atoms with Gasteiger partial charge in [0.15, 0.2) is 0 Å². The number of aromatic amines is 3. The average molecular weight is 1450 g/mol. The molecule has 6 N–H and O–H groups in total. The highest BCUT2D eigenvalue weighted by Gasteiger charge is 2.16. The molecule has 0 aliphatic rings. The van der Waals surface area contributed by atoms with Gasteiger partial charge in [-0.2, -0.15) is 0 Å². The van der Waals surface area contributed by atoms with E-state index in [-0.39, 0.29) is 105 Å². The molecule has 0 atom stereocenters. The zero-order chi connectivity index (χ0) is 100. The van der Waals surface area contributed by atoms with Crippen molar-refractivity contribution in [2.45, 2.75) is 62.2 Å². The van der Waals surface area contributed by atoms with Gasteiger partial charge in [0, 0.05) is 162 Å². The largest absolute Gasteiger partial charge is 0.324 e. The van der Waals surface area contributed by atoms with Gasteiger partial charge < -0.3 is 44.6 Å². The van der Waals surface area contributed by atoms with Crippen LogP contribution in [0.25, 0.3) is 50.8 Å². The van der Waals surface area contributed by atoms with Gasteiger partial charge >= 0.3 is 0 Å². The van der Waals surface area contributed by atoms with Gasteiger partial charge in [-0.1, -0.05) is 18.1 Å². The van der Waals surface area contributed by atoms with Crippen LogP contribution in [0.3, 0.4) is 0 Å². The van der Waals surface area contributed by atoms with Crippen molar-refractivity contribution in [3.63, 3.8) is 0 Å². The van der Waals surface area contributed by atoms with Crippen molar-refractivity contribution in [1.82, 2.24) is 63.5 Å². The molecule has 0 saturated carbocycles. The van der Waals surface area contributed by atoms with Crippen LogP contribution in [-0.2, 0) is 0 Å². The lowest BCUT2D eigenvalue weighted by Crippen LogP contribution is -2.14. The number of nitrogens with zero attached hydrogens (tertiary/aromatic N) is 13. The Morgan fingerprint density at radius 2 is 0.907 bits per heavy atom. The smallest absolute Gasteiger partial charge is 0.255 e. The molecule has 0 saturated heterocycles. The summed E-state index contributed by atoms with van der Waals surface area (Å²) in [6.07, 6.45) is 6.82. The molecule has 0 aliphatic carbocycles.